The van der Waals surface area contributed by atoms with Gasteiger partial charge in [-0.1, -0.05) is 46.4 Å². The maximum atomic E-state index is 12.8. The quantitative estimate of drug-likeness (QED) is 0.173. The Bertz CT molecular complexity index is 2090. The average Bonchev–Trinajstić information content (AvgIpc) is 3.58. The highest BCUT2D eigenvalue weighted by atomic mass is 127. The molecule has 0 unspecified atom stereocenters. The average molecular weight is 946 g/mol. The molecule has 0 saturated carbocycles. The normalized spacial score (nSPS) is 17.1. The summed E-state index contributed by atoms with van der Waals surface area (Å²) in [4.78, 5) is 33.8. The molecule has 0 bridgehead atoms. The lowest BCUT2D eigenvalue weighted by molar-refractivity contribution is -0.135. The van der Waals surface area contributed by atoms with Crippen LogP contribution in [0.15, 0.2) is 36.4 Å². The summed E-state index contributed by atoms with van der Waals surface area (Å²) < 4.78 is 14.5. The Balaban J connectivity index is 0.000000211. The summed E-state index contributed by atoms with van der Waals surface area (Å²) in [6.07, 6.45) is 0. The van der Waals surface area contributed by atoms with Gasteiger partial charge < -0.3 is 29.1 Å². The fourth-order valence-electron chi connectivity index (χ4n) is 6.64. The van der Waals surface area contributed by atoms with Gasteiger partial charge in [0.2, 0.25) is 11.8 Å². The smallest absolute Gasteiger partial charge is 0.244 e. The van der Waals surface area contributed by atoms with Crippen molar-refractivity contribution in [3.05, 3.63) is 77.3 Å². The molecule has 13 nitrogen and oxygen atoms in total. The molecule has 0 spiro atoms. The first-order chi connectivity index (χ1) is 26.2. The molecule has 2 aliphatic heterocycles. The van der Waals surface area contributed by atoms with Gasteiger partial charge in [-0.05, 0) is 74.6 Å². The number of methoxy groups -OCH3 is 2. The predicted octanol–water partition coefficient (Wildman–Crippen LogP) is 6.96. The molecule has 2 amide bonds. The van der Waals surface area contributed by atoms with Crippen molar-refractivity contribution in [1.82, 2.24) is 29.4 Å². The molecular weight excluding hydrogens is 903 g/mol. The van der Waals surface area contributed by atoms with Crippen LogP contribution in [0.2, 0.25) is 20.1 Å². The molecule has 18 heteroatoms. The Hall–Kier alpha value is -3.62. The molecule has 4 aromatic rings. The summed E-state index contributed by atoms with van der Waals surface area (Å²) in [6, 6.07) is 13.5. The first-order valence-corrected chi connectivity index (χ1v) is 20.0. The Morgan fingerprint density at radius 1 is 0.764 bits per heavy atom. The molecule has 2 aromatic carbocycles. The number of anilines is 2. The summed E-state index contributed by atoms with van der Waals surface area (Å²) in [5, 5.41) is 19.6. The zero-order chi connectivity index (χ0) is 40.1. The molecule has 2 atom stereocenters. The van der Waals surface area contributed by atoms with E-state index >= 15 is 0 Å². The molecule has 2 aromatic heterocycles. The van der Waals surface area contributed by atoms with E-state index in [-0.39, 0.29) is 42.7 Å². The van der Waals surface area contributed by atoms with E-state index in [1.165, 1.54) is 4.68 Å². The van der Waals surface area contributed by atoms with Gasteiger partial charge in [0.15, 0.2) is 5.69 Å². The van der Waals surface area contributed by atoms with Gasteiger partial charge in [0.25, 0.3) is 0 Å². The fourth-order valence-corrected chi connectivity index (χ4v) is 8.00. The number of carbonyl (C=O) groups excluding carboxylic acids is 2. The van der Waals surface area contributed by atoms with Gasteiger partial charge in [-0.3, -0.25) is 19.0 Å². The summed E-state index contributed by atoms with van der Waals surface area (Å²) >= 11 is 26.6. The highest BCUT2D eigenvalue weighted by Gasteiger charge is 2.30. The highest BCUT2D eigenvalue weighted by Crippen LogP contribution is 2.32. The third kappa shape index (κ3) is 9.68. The number of carbonyl (C=O) groups is 2. The maximum Gasteiger partial charge on any atom is 0.244 e. The minimum Gasteiger partial charge on any atom is -0.495 e. The fraction of sp³-hybridized carbons (Fsp3) is 0.432. The van der Waals surface area contributed by atoms with Crippen molar-refractivity contribution in [1.29, 1.82) is 5.26 Å². The van der Waals surface area contributed by atoms with Gasteiger partial charge in [0.1, 0.15) is 34.4 Å². The molecule has 2 aliphatic rings. The molecule has 0 radical (unpaired) electrons. The molecule has 0 N–H and O–H groups in total. The third-order valence-electron chi connectivity index (χ3n) is 9.80. The van der Waals surface area contributed by atoms with Gasteiger partial charge in [0.05, 0.1) is 45.7 Å². The van der Waals surface area contributed by atoms with Crippen LogP contribution in [0.1, 0.15) is 30.9 Å². The van der Waals surface area contributed by atoms with E-state index < -0.39 is 0 Å². The van der Waals surface area contributed by atoms with Crippen molar-refractivity contribution in [2.75, 3.05) is 63.3 Å². The van der Waals surface area contributed by atoms with Crippen LogP contribution in [0, 0.1) is 28.9 Å². The van der Waals surface area contributed by atoms with Crippen LogP contribution >= 0.6 is 69.0 Å². The maximum absolute atomic E-state index is 12.8. The number of halogens is 5. The molecule has 0 aliphatic carbocycles. The topological polar surface area (TPSA) is 125 Å². The van der Waals surface area contributed by atoms with Gasteiger partial charge in [-0.15, -0.1) is 0 Å². The highest BCUT2D eigenvalue weighted by molar-refractivity contribution is 14.1. The summed E-state index contributed by atoms with van der Waals surface area (Å²) in [5.41, 5.74) is 3.62. The minimum absolute atomic E-state index is 0.0182. The molecule has 6 rings (SSSR count). The van der Waals surface area contributed by atoms with Crippen LogP contribution in [-0.4, -0.2) is 107 Å². The van der Waals surface area contributed by atoms with E-state index in [2.05, 4.69) is 49.5 Å². The molecule has 294 valence electrons. The predicted molar refractivity (Wildman–Crippen MR) is 224 cm³/mol. The van der Waals surface area contributed by atoms with Crippen LogP contribution in [-0.2, 0) is 22.7 Å². The van der Waals surface area contributed by atoms with Crippen molar-refractivity contribution in [3.8, 4) is 17.6 Å². The summed E-state index contributed by atoms with van der Waals surface area (Å²) in [6.45, 7) is 12.1. The number of nitriles is 1. The second kappa shape index (κ2) is 18.5. The van der Waals surface area contributed by atoms with E-state index in [0.29, 0.717) is 67.2 Å². The number of piperazine rings is 2. The largest absolute Gasteiger partial charge is 0.495 e. The molecular formula is C37H42Cl4IN9O4. The number of hydrogen-bond donors (Lipinski definition) is 0. The zero-order valence-electron chi connectivity index (χ0n) is 31.3. The molecule has 2 fully saturated rings. The van der Waals surface area contributed by atoms with Crippen LogP contribution in [0.5, 0.6) is 11.5 Å². The molecule has 2 saturated heterocycles. The first kappa shape index (κ1) is 42.5. The Kier molecular flexibility index (Phi) is 14.3. The Morgan fingerprint density at radius 3 is 1.56 bits per heavy atom. The number of amides is 2. The first-order valence-electron chi connectivity index (χ1n) is 17.4. The third-order valence-corrected chi connectivity index (χ3v) is 12.4. The van der Waals surface area contributed by atoms with Crippen molar-refractivity contribution in [2.45, 2.75) is 52.9 Å². The Morgan fingerprint density at radius 2 is 1.20 bits per heavy atom. The number of aromatic nitrogens is 4. The van der Waals surface area contributed by atoms with Crippen molar-refractivity contribution >= 4 is 92.2 Å². The number of nitrogens with zero attached hydrogens (tertiary/aromatic N) is 9. The molecule has 4 heterocycles. The lowest BCUT2D eigenvalue weighted by Gasteiger charge is -2.41. The standard InChI is InChI=1S/C19H21Cl2N5O2.C18H21Cl2IN4O2/c1-12-10-24(14-4-5-15(20)17(8-14)28-3)6-7-25(12)18(27)11-26-13(2)19(21)16(9-22)23-26;1-11-9-23(13-4-5-14(19)15(8-13)27-3)6-7-24(11)16(26)10-25-12(2)17(20)18(21)22-25/h4-5,8,12H,6-7,10-11H2,1-3H3;4-5,8,11H,6-7,9-10H2,1-3H3/t12-;11-/m00/s1. The molecule has 55 heavy (non-hydrogen) atoms. The van der Waals surface area contributed by atoms with Gasteiger partial charge in [0, 0.05) is 74.9 Å². The van der Waals surface area contributed by atoms with Crippen molar-refractivity contribution in [3.63, 3.8) is 0 Å². The van der Waals surface area contributed by atoms with E-state index in [1.807, 2.05) is 66.1 Å². The zero-order valence-corrected chi connectivity index (χ0v) is 36.5. The second-order valence-electron chi connectivity index (χ2n) is 13.3. The summed E-state index contributed by atoms with van der Waals surface area (Å²) in [5.74, 6) is 1.28. The second-order valence-corrected chi connectivity index (χ2v) is 15.9. The lowest BCUT2D eigenvalue weighted by atomic mass is 10.1. The Labute approximate surface area is 354 Å². The lowest BCUT2D eigenvalue weighted by Crippen LogP contribution is -2.54. The SMILES string of the molecule is COc1cc(N2CCN(C(=O)Cn3nc(C#N)c(Cl)c3C)[C@@H](C)C2)ccc1Cl.COc1cc(N2CCN(C(=O)Cn3nc(I)c(Cl)c3C)[C@@H](C)C2)ccc1Cl. The van der Waals surface area contributed by atoms with Gasteiger partial charge >= 0.3 is 0 Å². The minimum atomic E-state index is -0.0485. The van der Waals surface area contributed by atoms with Crippen LogP contribution in [0.4, 0.5) is 11.4 Å². The van der Waals surface area contributed by atoms with Gasteiger partial charge in [-0.2, -0.15) is 15.5 Å². The van der Waals surface area contributed by atoms with Crippen LogP contribution in [0.3, 0.4) is 0 Å². The van der Waals surface area contributed by atoms with Crippen LogP contribution < -0.4 is 19.3 Å². The monoisotopic (exact) mass is 943 g/mol. The summed E-state index contributed by atoms with van der Waals surface area (Å²) in [7, 11) is 3.19. The number of hydrogen-bond acceptors (Lipinski definition) is 9. The van der Waals surface area contributed by atoms with Crippen molar-refractivity contribution < 1.29 is 19.1 Å². The number of rotatable bonds is 8. The van der Waals surface area contributed by atoms with E-state index in [1.54, 1.807) is 25.8 Å². The van der Waals surface area contributed by atoms with Gasteiger partial charge in [-0.25, -0.2) is 0 Å². The van der Waals surface area contributed by atoms with Crippen molar-refractivity contribution in [2.24, 2.45) is 0 Å². The van der Waals surface area contributed by atoms with E-state index in [4.69, 9.17) is 61.1 Å². The van der Waals surface area contributed by atoms with E-state index in [0.717, 1.165) is 30.2 Å². The van der Waals surface area contributed by atoms with Crippen LogP contribution in [0.25, 0.3) is 0 Å². The number of ether oxygens (including phenoxy) is 2. The number of benzene rings is 2. The van der Waals surface area contributed by atoms with E-state index in [9.17, 15) is 9.59 Å².